The normalized spacial score (nSPS) is 60.1. The molecule has 1 aromatic rings. The fraction of sp³-hybridized carbons (Fsp3) is 0.556. The lowest BCUT2D eigenvalue weighted by Crippen LogP contribution is -2.64. The molecule has 2 aliphatic carbocycles. The number of rotatable bonds is 2. The van der Waals surface area contributed by atoms with Gasteiger partial charge in [0.25, 0.3) is 0 Å². The van der Waals surface area contributed by atoms with E-state index in [1.54, 1.807) is 0 Å². The predicted molar refractivity (Wildman–Crippen MR) is 82.5 cm³/mol. The first-order chi connectivity index (χ1) is 15.5. The molecular formula is C18H21NO3. The molecule has 4 heteroatoms. The number of hydrogen-bond donors (Lipinski definition) is 1. The molecular weight excluding hydrogens is 278 g/mol. The van der Waals surface area contributed by atoms with Gasteiger partial charge in [0.2, 0.25) is 1.43 Å². The van der Waals surface area contributed by atoms with E-state index in [1.165, 1.54) is 6.08 Å². The Hall–Kier alpha value is -1.52. The van der Waals surface area contributed by atoms with Gasteiger partial charge in [-0.15, -0.1) is 0 Å². The van der Waals surface area contributed by atoms with Crippen molar-refractivity contribution in [2.45, 2.75) is 36.5 Å². The summed E-state index contributed by atoms with van der Waals surface area (Å²) < 4.78 is 110. The summed E-state index contributed by atoms with van der Waals surface area (Å²) in [7, 11) is -3.00. The van der Waals surface area contributed by atoms with Crippen LogP contribution in [0.3, 0.4) is 0 Å². The fourth-order valence-electron chi connectivity index (χ4n) is 4.29. The van der Waals surface area contributed by atoms with Crippen molar-refractivity contribution < 1.29 is 29.7 Å². The molecule has 4 aliphatic rings. The highest BCUT2D eigenvalue weighted by Crippen LogP contribution is 2.62. The third kappa shape index (κ3) is 1.28. The van der Waals surface area contributed by atoms with Gasteiger partial charge in [-0.2, -0.15) is 0 Å². The van der Waals surface area contributed by atoms with Crippen molar-refractivity contribution in [2.75, 3.05) is 20.6 Å². The molecule has 1 aromatic carbocycles. The van der Waals surface area contributed by atoms with E-state index in [9.17, 15) is 2.74 Å². The van der Waals surface area contributed by atoms with Gasteiger partial charge in [-0.25, -0.2) is 0 Å². The number of likely N-dealkylation sites (N-methyl/N-ethyl adjacent to an activating group) is 1. The smallest absolute Gasteiger partial charge is 0.211 e. The van der Waals surface area contributed by atoms with E-state index in [-0.39, 0.29) is 29.8 Å². The summed E-state index contributed by atoms with van der Waals surface area (Å²) in [4.78, 5) is 0.912. The Balaban J connectivity index is 1.90. The van der Waals surface area contributed by atoms with Crippen LogP contribution in [0, 0.1) is 5.89 Å². The maximum Gasteiger partial charge on any atom is 0.211 e. The minimum Gasteiger partial charge on any atom is -0.493 e. The number of aliphatic hydroxyl groups is 1. The Labute approximate surface area is 147 Å². The van der Waals surface area contributed by atoms with Gasteiger partial charge >= 0.3 is 0 Å². The van der Waals surface area contributed by atoms with Gasteiger partial charge in [0.05, 0.1) is 15.3 Å². The standard InChI is InChI=1S/C18H21NO3/c1-19-8-7-18-11-4-5-13(20)17(18)22-16-14(21-2)6-3-10(15(16)18)9-12(11)19/h3-6,11-13,17,20H,7-9H2,1-2H3/t11-,12+,13?,17?,18-/m0/s1/i1D3,2D3,3D,6D,11D,12D,13D,20D. The molecule has 0 aromatic heterocycles. The predicted octanol–water partition coefficient (Wildman–Crippen LogP) is 1.50. The van der Waals surface area contributed by atoms with Gasteiger partial charge in [0.15, 0.2) is 11.5 Å². The zero-order valence-corrected chi connectivity index (χ0v) is 11.5. The first-order valence-corrected chi connectivity index (χ1v) is 7.11. The van der Waals surface area contributed by atoms with E-state index in [0.717, 1.165) is 11.0 Å². The van der Waals surface area contributed by atoms with Crippen molar-refractivity contribution in [3.8, 4) is 11.5 Å². The van der Waals surface area contributed by atoms with E-state index >= 15 is 0 Å². The summed E-state index contributed by atoms with van der Waals surface area (Å²) >= 11 is 0. The first-order valence-electron chi connectivity index (χ1n) is 13.0. The topological polar surface area (TPSA) is 41.9 Å². The van der Waals surface area contributed by atoms with Crippen molar-refractivity contribution in [2.24, 2.45) is 5.89 Å². The zero-order valence-electron chi connectivity index (χ0n) is 23.5. The monoisotopic (exact) mass is 311 g/mol. The molecule has 22 heavy (non-hydrogen) atoms. The SMILES string of the molecule is [2H]OC1([2H])C=C[C@]2([2H])[C@@]34CCN(C([2H])([2H])[2H])[C@]2([2H])Cc2c([2H])c([2H])c(OC([2H])([2H])[2H])c(c23)OC14. The van der Waals surface area contributed by atoms with Gasteiger partial charge in [-0.05, 0) is 38.0 Å². The lowest BCUT2D eigenvalue weighted by atomic mass is 9.53. The van der Waals surface area contributed by atoms with Crippen LogP contribution in [0.1, 0.15) is 32.6 Å². The fourth-order valence-corrected chi connectivity index (χ4v) is 4.29. The summed E-state index contributed by atoms with van der Waals surface area (Å²) in [6, 6.07) is -3.25. The molecule has 5 rings (SSSR count). The third-order valence-corrected chi connectivity index (χ3v) is 5.16. The summed E-state index contributed by atoms with van der Waals surface area (Å²) in [5.74, 6) is -2.83. The number of hydrogen-bond acceptors (Lipinski definition) is 4. The van der Waals surface area contributed by atoms with Crippen LogP contribution >= 0.6 is 0 Å². The molecule has 1 N–H and O–H groups in total. The largest absolute Gasteiger partial charge is 0.493 e. The van der Waals surface area contributed by atoms with Crippen LogP contribution in [0.5, 0.6) is 11.5 Å². The van der Waals surface area contributed by atoms with Crippen LogP contribution < -0.4 is 9.47 Å². The minimum absolute atomic E-state index is 0.0647. The van der Waals surface area contributed by atoms with Crippen molar-refractivity contribution >= 4 is 0 Å². The van der Waals surface area contributed by atoms with Crippen LogP contribution in [0.2, 0.25) is 0 Å². The van der Waals surface area contributed by atoms with Crippen LogP contribution in [0.15, 0.2) is 24.2 Å². The second-order valence-corrected chi connectivity index (χ2v) is 6.01. The third-order valence-electron chi connectivity index (χ3n) is 5.16. The molecule has 1 saturated heterocycles. The zero-order chi connectivity index (χ0) is 25.3. The summed E-state index contributed by atoms with van der Waals surface area (Å²) in [5.41, 5.74) is -1.42. The van der Waals surface area contributed by atoms with Gasteiger partial charge in [0, 0.05) is 29.7 Å². The average molecular weight is 311 g/mol. The highest BCUT2D eigenvalue weighted by Gasteiger charge is 2.64. The number of benzene rings is 1. The molecule has 2 bridgehead atoms. The molecule has 2 aliphatic heterocycles. The molecule has 0 amide bonds. The van der Waals surface area contributed by atoms with E-state index in [4.69, 9.17) is 23.2 Å². The molecule has 0 radical (unpaired) electrons. The molecule has 2 heterocycles. The molecule has 1 fully saturated rings. The van der Waals surface area contributed by atoms with E-state index < -0.39 is 67.8 Å². The van der Waals surface area contributed by atoms with E-state index in [1.807, 2.05) is 0 Å². The van der Waals surface area contributed by atoms with Gasteiger partial charge in [0.1, 0.15) is 12.2 Å². The van der Waals surface area contributed by atoms with Crippen molar-refractivity contribution in [3.63, 3.8) is 0 Å². The Morgan fingerprint density at radius 1 is 1.59 bits per heavy atom. The maximum atomic E-state index is 9.50. The number of ether oxygens (including phenoxy) is 2. The average Bonchev–Trinajstić information content (AvgIpc) is 3.05. The van der Waals surface area contributed by atoms with Crippen molar-refractivity contribution in [3.05, 3.63) is 35.4 Å². The Bertz CT molecular complexity index is 1120. The molecule has 2 unspecified atom stereocenters. The quantitative estimate of drug-likeness (QED) is 0.841. The van der Waals surface area contributed by atoms with Crippen LogP contribution in [-0.2, 0) is 11.8 Å². The van der Waals surface area contributed by atoms with Gasteiger partial charge in [-0.3, -0.25) is 0 Å². The van der Waals surface area contributed by atoms with Crippen molar-refractivity contribution in [1.29, 1.82) is 1.43 Å². The van der Waals surface area contributed by atoms with E-state index in [0.29, 0.717) is 0 Å². The lowest BCUT2D eigenvalue weighted by molar-refractivity contribution is -0.0453. The second-order valence-electron chi connectivity index (χ2n) is 6.01. The number of piperidine rings is 1. The van der Waals surface area contributed by atoms with Crippen LogP contribution in [-0.4, -0.2) is 50.2 Å². The molecule has 5 atom stereocenters. The molecule has 116 valence electrons. The highest BCUT2D eigenvalue weighted by atomic mass is 16.5. The first kappa shape index (κ1) is 5.84. The molecule has 0 saturated carbocycles. The highest BCUT2D eigenvalue weighted by molar-refractivity contribution is 5.62. The van der Waals surface area contributed by atoms with Gasteiger partial charge in [-0.1, -0.05) is 18.2 Å². The minimum atomic E-state index is -3.00. The molecule has 4 nitrogen and oxygen atoms in total. The number of likely N-dealkylation sites (tertiary alicyclic amines) is 1. The number of nitrogens with zero attached hydrogens (tertiary/aromatic N) is 1. The number of methoxy groups -OCH3 is 1. The Kier molecular flexibility index (Phi) is 1.08. The van der Waals surface area contributed by atoms with Crippen molar-refractivity contribution in [1.82, 2.24) is 4.90 Å². The Morgan fingerprint density at radius 2 is 2.59 bits per heavy atom. The second kappa shape index (κ2) is 4.06. The summed E-state index contributed by atoms with van der Waals surface area (Å²) in [5, 5.41) is 4.69. The molecule has 1 spiro atoms. The van der Waals surface area contributed by atoms with Crippen LogP contribution in [0.4, 0.5) is 0 Å². The summed E-state index contributed by atoms with van der Waals surface area (Å²) in [6.45, 7) is -2.94. The lowest BCUT2D eigenvalue weighted by Gasteiger charge is -2.56. The van der Waals surface area contributed by atoms with Crippen LogP contribution in [0.25, 0.3) is 0 Å². The van der Waals surface area contributed by atoms with Gasteiger partial charge < -0.3 is 19.5 Å². The summed E-state index contributed by atoms with van der Waals surface area (Å²) in [6.07, 6.45) is -1.92. The maximum absolute atomic E-state index is 9.50. The van der Waals surface area contributed by atoms with E-state index in [2.05, 4.69) is 5.11 Å². The Morgan fingerprint density at radius 3 is 3.45 bits per heavy atom.